The molecule has 0 aliphatic heterocycles. The Morgan fingerprint density at radius 1 is 1.27 bits per heavy atom. The lowest BCUT2D eigenvalue weighted by atomic mass is 10.1. The normalized spacial score (nSPS) is 11.7. The molecule has 3 aromatic rings. The first-order valence-corrected chi connectivity index (χ1v) is 8.37. The third-order valence-electron chi connectivity index (χ3n) is 3.86. The van der Waals surface area contributed by atoms with Crippen molar-refractivity contribution in [2.45, 2.75) is 6.42 Å². The summed E-state index contributed by atoms with van der Waals surface area (Å²) in [7, 11) is 1.62. The van der Waals surface area contributed by atoms with Gasteiger partial charge in [-0.1, -0.05) is 24.3 Å². The van der Waals surface area contributed by atoms with Gasteiger partial charge < -0.3 is 15.0 Å². The zero-order valence-corrected chi connectivity index (χ0v) is 14.5. The summed E-state index contributed by atoms with van der Waals surface area (Å²) in [4.78, 5) is 20.3. The van der Waals surface area contributed by atoms with Crippen molar-refractivity contribution in [2.75, 3.05) is 20.3 Å². The Morgan fingerprint density at radius 3 is 2.88 bits per heavy atom. The number of para-hydroxylation sites is 2. The number of methoxy groups -OCH3 is 1. The van der Waals surface area contributed by atoms with Crippen LogP contribution in [0.5, 0.6) is 0 Å². The van der Waals surface area contributed by atoms with Gasteiger partial charge in [0.25, 0.3) is 5.91 Å². The molecule has 0 radical (unpaired) electrons. The van der Waals surface area contributed by atoms with Crippen molar-refractivity contribution in [2.24, 2.45) is 0 Å². The van der Waals surface area contributed by atoms with Crippen molar-refractivity contribution >= 4 is 28.6 Å². The molecule has 0 bridgehead atoms. The van der Waals surface area contributed by atoms with Crippen LogP contribution in [0.25, 0.3) is 22.7 Å². The predicted molar refractivity (Wildman–Crippen MR) is 99.9 cm³/mol. The molecule has 5 nitrogen and oxygen atoms in total. The number of benzene rings is 2. The van der Waals surface area contributed by atoms with Gasteiger partial charge in [-0.2, -0.15) is 0 Å². The maximum Gasteiger partial charge on any atom is 0.255 e. The van der Waals surface area contributed by atoms with Gasteiger partial charge in [-0.05, 0) is 42.3 Å². The number of aromatic amines is 1. The Labute approximate surface area is 150 Å². The zero-order chi connectivity index (χ0) is 18.4. The number of hydrogen-bond acceptors (Lipinski definition) is 3. The van der Waals surface area contributed by atoms with E-state index in [1.54, 1.807) is 25.3 Å². The Kier molecular flexibility index (Phi) is 5.76. The van der Waals surface area contributed by atoms with Crippen LogP contribution >= 0.6 is 0 Å². The molecule has 0 aliphatic carbocycles. The third-order valence-corrected chi connectivity index (χ3v) is 3.86. The number of amides is 1. The number of ether oxygens (including phenoxy) is 1. The van der Waals surface area contributed by atoms with Crippen molar-refractivity contribution in [1.29, 1.82) is 0 Å². The van der Waals surface area contributed by atoms with Crippen LogP contribution < -0.4 is 5.32 Å². The summed E-state index contributed by atoms with van der Waals surface area (Å²) in [5, 5.41) is 2.85. The van der Waals surface area contributed by atoms with Crippen molar-refractivity contribution in [1.82, 2.24) is 15.3 Å². The predicted octanol–water partition coefficient (Wildman–Crippen LogP) is 3.40. The highest BCUT2D eigenvalue weighted by atomic mass is 19.1. The monoisotopic (exact) mass is 353 g/mol. The number of nitrogens with zero attached hydrogens (tertiary/aromatic N) is 1. The molecule has 6 heteroatoms. The molecule has 0 aliphatic rings. The van der Waals surface area contributed by atoms with Gasteiger partial charge in [0.05, 0.1) is 16.6 Å². The molecule has 1 aromatic heterocycles. The van der Waals surface area contributed by atoms with Gasteiger partial charge in [-0.25, -0.2) is 9.37 Å². The van der Waals surface area contributed by atoms with Crippen LogP contribution in [0.3, 0.4) is 0 Å². The van der Waals surface area contributed by atoms with Gasteiger partial charge in [-0.15, -0.1) is 0 Å². The molecule has 2 aromatic carbocycles. The average molecular weight is 353 g/mol. The number of halogens is 1. The average Bonchev–Trinajstić information content (AvgIpc) is 3.07. The van der Waals surface area contributed by atoms with Crippen LogP contribution in [-0.4, -0.2) is 36.1 Å². The van der Waals surface area contributed by atoms with Crippen molar-refractivity contribution in [3.63, 3.8) is 0 Å². The van der Waals surface area contributed by atoms with E-state index in [0.717, 1.165) is 11.0 Å². The lowest BCUT2D eigenvalue weighted by Gasteiger charge is -2.07. The minimum Gasteiger partial charge on any atom is -0.385 e. The molecule has 134 valence electrons. The molecule has 1 heterocycles. The Balaban J connectivity index is 1.94. The number of rotatable bonds is 7. The molecule has 26 heavy (non-hydrogen) atoms. The highest BCUT2D eigenvalue weighted by Crippen LogP contribution is 2.20. The van der Waals surface area contributed by atoms with E-state index in [1.807, 2.05) is 24.3 Å². The second kappa shape index (κ2) is 8.40. The fourth-order valence-corrected chi connectivity index (χ4v) is 2.60. The first-order valence-electron chi connectivity index (χ1n) is 8.37. The van der Waals surface area contributed by atoms with Gasteiger partial charge in [-0.3, -0.25) is 4.79 Å². The van der Waals surface area contributed by atoms with E-state index in [1.165, 1.54) is 12.1 Å². The SMILES string of the molecule is COCCCNC(=O)C(=Cc1cccc(F)c1)c1nc2ccccc2[nH]1. The molecular formula is C20H20FN3O2. The van der Waals surface area contributed by atoms with Gasteiger partial charge in [0, 0.05) is 20.3 Å². The van der Waals surface area contributed by atoms with Crippen LogP contribution in [-0.2, 0) is 9.53 Å². The summed E-state index contributed by atoms with van der Waals surface area (Å²) in [5.41, 5.74) is 2.54. The van der Waals surface area contributed by atoms with Crippen LogP contribution in [0.15, 0.2) is 48.5 Å². The molecule has 0 fully saturated rings. The number of nitrogens with one attached hydrogen (secondary N) is 2. The number of carbonyl (C=O) groups excluding carboxylic acids is 1. The maximum absolute atomic E-state index is 13.5. The Morgan fingerprint density at radius 2 is 2.12 bits per heavy atom. The van der Waals surface area contributed by atoms with Crippen LogP contribution in [0.1, 0.15) is 17.8 Å². The fraction of sp³-hybridized carbons (Fsp3) is 0.200. The fourth-order valence-electron chi connectivity index (χ4n) is 2.60. The number of carbonyl (C=O) groups is 1. The van der Waals surface area contributed by atoms with Crippen molar-refractivity contribution in [3.8, 4) is 0 Å². The number of imidazole rings is 1. The number of hydrogen-bond donors (Lipinski definition) is 2. The molecule has 3 rings (SSSR count). The number of fused-ring (bicyclic) bond motifs is 1. The standard InChI is InChI=1S/C20H20FN3O2/c1-26-11-5-10-22-20(25)16(13-14-6-4-7-15(21)12-14)19-23-17-8-2-3-9-18(17)24-19/h2-4,6-9,12-13H,5,10-11H2,1H3,(H,22,25)(H,23,24). The van der Waals surface area contributed by atoms with E-state index < -0.39 is 0 Å². The molecule has 1 amide bonds. The van der Waals surface area contributed by atoms with E-state index in [9.17, 15) is 9.18 Å². The first kappa shape index (κ1) is 17.8. The lowest BCUT2D eigenvalue weighted by Crippen LogP contribution is -2.26. The highest BCUT2D eigenvalue weighted by Gasteiger charge is 2.16. The number of H-pyrrole nitrogens is 1. The maximum atomic E-state index is 13.5. The zero-order valence-electron chi connectivity index (χ0n) is 14.5. The van der Waals surface area contributed by atoms with Crippen LogP contribution in [0.4, 0.5) is 4.39 Å². The summed E-state index contributed by atoms with van der Waals surface area (Å²) in [6.45, 7) is 1.04. The van der Waals surface area contributed by atoms with E-state index in [0.29, 0.717) is 36.5 Å². The van der Waals surface area contributed by atoms with E-state index in [2.05, 4.69) is 15.3 Å². The summed E-state index contributed by atoms with van der Waals surface area (Å²) < 4.78 is 18.5. The van der Waals surface area contributed by atoms with E-state index in [-0.39, 0.29) is 11.7 Å². The van der Waals surface area contributed by atoms with Gasteiger partial charge in [0.1, 0.15) is 11.6 Å². The summed E-state index contributed by atoms with van der Waals surface area (Å²) in [6.07, 6.45) is 2.34. The Bertz CT molecular complexity index is 900. The van der Waals surface area contributed by atoms with Crippen LogP contribution in [0.2, 0.25) is 0 Å². The minimum atomic E-state index is -0.358. The Hall–Kier alpha value is -2.99. The molecule has 0 atom stereocenters. The smallest absolute Gasteiger partial charge is 0.255 e. The second-order valence-corrected chi connectivity index (χ2v) is 5.82. The van der Waals surface area contributed by atoms with E-state index >= 15 is 0 Å². The summed E-state index contributed by atoms with van der Waals surface area (Å²) in [5.74, 6) is -0.188. The van der Waals surface area contributed by atoms with Crippen molar-refractivity contribution < 1.29 is 13.9 Å². The second-order valence-electron chi connectivity index (χ2n) is 5.82. The number of aromatic nitrogens is 2. The lowest BCUT2D eigenvalue weighted by molar-refractivity contribution is -0.115. The van der Waals surface area contributed by atoms with Gasteiger partial charge >= 0.3 is 0 Å². The molecule has 0 saturated heterocycles. The van der Waals surface area contributed by atoms with E-state index in [4.69, 9.17) is 4.74 Å². The summed E-state index contributed by atoms with van der Waals surface area (Å²) >= 11 is 0. The minimum absolute atomic E-state index is 0.274. The highest BCUT2D eigenvalue weighted by molar-refractivity contribution is 6.23. The molecule has 0 unspecified atom stereocenters. The third kappa shape index (κ3) is 4.34. The van der Waals surface area contributed by atoms with Crippen molar-refractivity contribution in [3.05, 3.63) is 65.7 Å². The van der Waals surface area contributed by atoms with Gasteiger partial charge in [0.2, 0.25) is 0 Å². The van der Waals surface area contributed by atoms with Gasteiger partial charge in [0.15, 0.2) is 0 Å². The largest absolute Gasteiger partial charge is 0.385 e. The first-order chi connectivity index (χ1) is 12.7. The topological polar surface area (TPSA) is 67.0 Å². The van der Waals surface area contributed by atoms with Crippen LogP contribution in [0, 0.1) is 5.82 Å². The quantitative estimate of drug-likeness (QED) is 0.505. The summed E-state index contributed by atoms with van der Waals surface area (Å²) in [6, 6.07) is 13.6. The molecule has 0 spiro atoms. The molecule has 0 saturated carbocycles. The molecule has 2 N–H and O–H groups in total. The molecular weight excluding hydrogens is 333 g/mol.